The maximum absolute atomic E-state index is 2.38. The summed E-state index contributed by atoms with van der Waals surface area (Å²) in [7, 11) is 0. The Morgan fingerprint density at radius 3 is 1.05 bits per heavy atom. The molecule has 63 heavy (non-hydrogen) atoms. The van der Waals surface area contributed by atoms with Gasteiger partial charge in [0.2, 0.25) is 0 Å². The quantitative estimate of drug-likeness (QED) is 0.136. The average molecular weight is 806 g/mol. The van der Waals surface area contributed by atoms with Gasteiger partial charge in [0.1, 0.15) is 0 Å². The van der Waals surface area contributed by atoms with Crippen LogP contribution in [0.4, 0.5) is 34.1 Å². The first-order valence-corrected chi connectivity index (χ1v) is 21.5. The Bertz CT molecular complexity index is 3100. The van der Waals surface area contributed by atoms with Crippen molar-refractivity contribution < 1.29 is 0 Å². The second-order valence-electron chi connectivity index (χ2n) is 15.8. The van der Waals surface area contributed by atoms with E-state index in [-0.39, 0.29) is 0 Å². The standard InChI is InChI=1S/C60H43N3/c1-6-22-50(23-7-1)61(51-24-8-2-9-25-51)55-32-18-20-44(41-55)47-38-48(45-21-19-33-56(42-45)62(52-26-10-3-11-27-52)53-28-12-4-13-29-53)40-49(39-47)46-36-37-60-58(43-46)57-34-16-17-35-59(57)63(60)54-30-14-5-15-31-54/h1-43H. The highest BCUT2D eigenvalue weighted by Crippen LogP contribution is 2.42. The lowest BCUT2D eigenvalue weighted by Gasteiger charge is -2.26. The lowest BCUT2D eigenvalue weighted by Crippen LogP contribution is -2.09. The van der Waals surface area contributed by atoms with Gasteiger partial charge in [-0.25, -0.2) is 0 Å². The predicted octanol–water partition coefficient (Wildman–Crippen LogP) is 16.7. The fraction of sp³-hybridized carbons (Fsp3) is 0. The number of hydrogen-bond donors (Lipinski definition) is 0. The van der Waals surface area contributed by atoms with Gasteiger partial charge in [-0.1, -0.05) is 140 Å². The first kappa shape index (κ1) is 37.6. The van der Waals surface area contributed by atoms with Crippen molar-refractivity contribution in [2.24, 2.45) is 0 Å². The van der Waals surface area contributed by atoms with E-state index in [1.54, 1.807) is 0 Å². The molecule has 3 nitrogen and oxygen atoms in total. The lowest BCUT2D eigenvalue weighted by atomic mass is 9.92. The molecule has 11 aromatic rings. The number of fused-ring (bicyclic) bond motifs is 3. The van der Waals surface area contributed by atoms with E-state index < -0.39 is 0 Å². The van der Waals surface area contributed by atoms with E-state index in [2.05, 4.69) is 275 Å². The van der Waals surface area contributed by atoms with Crippen LogP contribution >= 0.6 is 0 Å². The lowest BCUT2D eigenvalue weighted by molar-refractivity contribution is 1.18. The Labute approximate surface area is 368 Å². The monoisotopic (exact) mass is 805 g/mol. The van der Waals surface area contributed by atoms with Crippen molar-refractivity contribution in [1.82, 2.24) is 4.57 Å². The number of para-hydroxylation sites is 6. The molecule has 0 saturated carbocycles. The van der Waals surface area contributed by atoms with Gasteiger partial charge in [-0.15, -0.1) is 0 Å². The molecule has 0 aliphatic heterocycles. The van der Waals surface area contributed by atoms with Gasteiger partial charge in [0.15, 0.2) is 0 Å². The van der Waals surface area contributed by atoms with Crippen LogP contribution in [0.3, 0.4) is 0 Å². The zero-order chi connectivity index (χ0) is 42.0. The van der Waals surface area contributed by atoms with Crippen LogP contribution in [0.15, 0.2) is 261 Å². The van der Waals surface area contributed by atoms with Gasteiger partial charge in [-0.05, 0) is 155 Å². The summed E-state index contributed by atoms with van der Waals surface area (Å²) in [5.74, 6) is 0. The van der Waals surface area contributed by atoms with Gasteiger partial charge in [-0.2, -0.15) is 0 Å². The third-order valence-corrected chi connectivity index (χ3v) is 11.9. The third kappa shape index (κ3) is 7.32. The number of nitrogens with zero attached hydrogens (tertiary/aromatic N) is 3. The van der Waals surface area contributed by atoms with Gasteiger partial charge in [-0.3, -0.25) is 0 Å². The van der Waals surface area contributed by atoms with Crippen LogP contribution < -0.4 is 9.80 Å². The average Bonchev–Trinajstić information content (AvgIpc) is 3.70. The molecule has 10 aromatic carbocycles. The maximum atomic E-state index is 2.38. The highest BCUT2D eigenvalue weighted by Gasteiger charge is 2.18. The van der Waals surface area contributed by atoms with Gasteiger partial charge in [0, 0.05) is 50.6 Å². The Morgan fingerprint density at radius 1 is 0.222 bits per heavy atom. The van der Waals surface area contributed by atoms with Gasteiger partial charge in [0.05, 0.1) is 11.0 Å². The van der Waals surface area contributed by atoms with Crippen molar-refractivity contribution >= 4 is 55.9 Å². The fourth-order valence-electron chi connectivity index (χ4n) is 8.99. The summed E-state index contributed by atoms with van der Waals surface area (Å²) >= 11 is 0. The molecule has 0 spiro atoms. The molecular weight excluding hydrogens is 763 g/mol. The van der Waals surface area contributed by atoms with Crippen molar-refractivity contribution in [3.63, 3.8) is 0 Å². The maximum Gasteiger partial charge on any atom is 0.0541 e. The van der Waals surface area contributed by atoms with Gasteiger partial charge < -0.3 is 14.4 Å². The molecular formula is C60H43N3. The number of hydrogen-bond acceptors (Lipinski definition) is 2. The predicted molar refractivity (Wildman–Crippen MR) is 266 cm³/mol. The van der Waals surface area contributed by atoms with Crippen molar-refractivity contribution in [2.45, 2.75) is 0 Å². The highest BCUT2D eigenvalue weighted by molar-refractivity contribution is 6.10. The molecule has 0 atom stereocenters. The number of rotatable bonds is 10. The zero-order valence-corrected chi connectivity index (χ0v) is 34.7. The van der Waals surface area contributed by atoms with Crippen LogP contribution in [0, 0.1) is 0 Å². The van der Waals surface area contributed by atoms with Crippen LogP contribution in [-0.2, 0) is 0 Å². The summed E-state index contributed by atoms with van der Waals surface area (Å²) in [6, 6.07) is 93.8. The second-order valence-corrected chi connectivity index (χ2v) is 15.8. The van der Waals surface area contributed by atoms with Crippen LogP contribution in [0.5, 0.6) is 0 Å². The Balaban J connectivity index is 1.10. The molecule has 1 aromatic heterocycles. The molecule has 0 unspecified atom stereocenters. The summed E-state index contributed by atoms with van der Waals surface area (Å²) < 4.78 is 2.38. The molecule has 0 aliphatic carbocycles. The Morgan fingerprint density at radius 2 is 0.587 bits per heavy atom. The number of aromatic nitrogens is 1. The van der Waals surface area contributed by atoms with Crippen LogP contribution in [0.2, 0.25) is 0 Å². The normalized spacial score (nSPS) is 11.2. The molecule has 0 aliphatic rings. The second kappa shape index (κ2) is 16.6. The third-order valence-electron chi connectivity index (χ3n) is 11.9. The number of anilines is 6. The van der Waals surface area contributed by atoms with E-state index in [9.17, 15) is 0 Å². The summed E-state index contributed by atoms with van der Waals surface area (Å²) in [5, 5.41) is 2.46. The summed E-state index contributed by atoms with van der Waals surface area (Å²) in [4.78, 5) is 4.66. The minimum Gasteiger partial charge on any atom is -0.310 e. The van der Waals surface area contributed by atoms with E-state index in [0.717, 1.165) is 67.6 Å². The molecule has 1 heterocycles. The van der Waals surface area contributed by atoms with Crippen molar-refractivity contribution in [2.75, 3.05) is 9.80 Å². The first-order chi connectivity index (χ1) is 31.2. The summed E-state index contributed by atoms with van der Waals surface area (Å²) in [5.41, 5.74) is 17.0. The van der Waals surface area contributed by atoms with Crippen LogP contribution in [0.25, 0.3) is 60.9 Å². The molecule has 0 radical (unpaired) electrons. The first-order valence-electron chi connectivity index (χ1n) is 21.5. The summed E-state index contributed by atoms with van der Waals surface area (Å²) in [6.45, 7) is 0. The van der Waals surface area contributed by atoms with Crippen molar-refractivity contribution in [1.29, 1.82) is 0 Å². The topological polar surface area (TPSA) is 11.4 Å². The minimum absolute atomic E-state index is 1.09. The molecule has 298 valence electrons. The Kier molecular flexibility index (Phi) is 9.89. The highest BCUT2D eigenvalue weighted by atomic mass is 15.1. The SMILES string of the molecule is c1ccc(N(c2ccccc2)c2cccc(-c3cc(-c4cccc(N(c5ccccc5)c5ccccc5)c4)cc(-c4ccc5c(c4)c4ccccc4n5-c4ccccc4)c3)c2)cc1. The smallest absolute Gasteiger partial charge is 0.0541 e. The van der Waals surface area contributed by atoms with E-state index in [1.807, 2.05) is 0 Å². The minimum atomic E-state index is 1.09. The van der Waals surface area contributed by atoms with E-state index in [4.69, 9.17) is 0 Å². The van der Waals surface area contributed by atoms with Crippen LogP contribution in [-0.4, -0.2) is 4.57 Å². The van der Waals surface area contributed by atoms with E-state index in [0.29, 0.717) is 0 Å². The fourth-order valence-corrected chi connectivity index (χ4v) is 8.99. The molecule has 0 bridgehead atoms. The van der Waals surface area contributed by atoms with E-state index in [1.165, 1.54) is 27.4 Å². The molecule has 0 saturated heterocycles. The van der Waals surface area contributed by atoms with Crippen LogP contribution in [0.1, 0.15) is 0 Å². The van der Waals surface area contributed by atoms with Gasteiger partial charge in [0.25, 0.3) is 0 Å². The molecule has 3 heteroatoms. The van der Waals surface area contributed by atoms with Crippen molar-refractivity contribution in [3.8, 4) is 39.1 Å². The van der Waals surface area contributed by atoms with Gasteiger partial charge >= 0.3 is 0 Å². The largest absolute Gasteiger partial charge is 0.310 e. The molecule has 0 amide bonds. The Hall–Kier alpha value is -8.40. The molecule has 0 N–H and O–H groups in total. The van der Waals surface area contributed by atoms with E-state index >= 15 is 0 Å². The summed E-state index contributed by atoms with van der Waals surface area (Å²) in [6.07, 6.45) is 0. The molecule has 11 rings (SSSR count). The zero-order valence-electron chi connectivity index (χ0n) is 34.7. The number of benzene rings is 10. The van der Waals surface area contributed by atoms with Crippen molar-refractivity contribution in [3.05, 3.63) is 261 Å². The molecule has 0 fully saturated rings.